The number of allylic oxidation sites excluding steroid dienone is 1. The fourth-order valence-electron chi connectivity index (χ4n) is 1.97. The molecule has 0 saturated heterocycles. The fraction of sp³-hybridized carbons (Fsp3) is 0.545. The van der Waals surface area contributed by atoms with E-state index in [-0.39, 0.29) is 17.2 Å². The van der Waals surface area contributed by atoms with Gasteiger partial charge in [-0.05, 0) is 13.3 Å². The lowest BCUT2D eigenvalue weighted by molar-refractivity contribution is -0.133. The molecule has 0 aliphatic carbocycles. The van der Waals surface area contributed by atoms with Crippen molar-refractivity contribution < 1.29 is 14.6 Å². The summed E-state index contributed by atoms with van der Waals surface area (Å²) in [6, 6.07) is 1.95. The maximum absolute atomic E-state index is 11.1. The Balaban J connectivity index is 3.19. The van der Waals surface area contributed by atoms with Gasteiger partial charge in [0.1, 0.15) is 11.7 Å². The van der Waals surface area contributed by atoms with Crippen molar-refractivity contribution in [1.29, 1.82) is 10.7 Å². The number of ether oxygens (including phenoxy) is 1. The summed E-state index contributed by atoms with van der Waals surface area (Å²) in [6.07, 6.45) is 1.34. The second kappa shape index (κ2) is 4.79. The number of nitriles is 1. The zero-order valence-corrected chi connectivity index (χ0v) is 9.28. The highest BCUT2D eigenvalue weighted by atomic mass is 16.5. The first-order chi connectivity index (χ1) is 7.52. The van der Waals surface area contributed by atoms with Crippen LogP contribution in [0.15, 0.2) is 11.3 Å². The number of hydrogen-bond acceptors (Lipinski definition) is 4. The van der Waals surface area contributed by atoms with Crippen LogP contribution in [0.3, 0.4) is 0 Å². The molecule has 0 aromatic rings. The first kappa shape index (κ1) is 12.2. The summed E-state index contributed by atoms with van der Waals surface area (Å²) in [5, 5.41) is 25.6. The van der Waals surface area contributed by atoms with Crippen LogP contribution in [0.25, 0.3) is 0 Å². The zero-order valence-electron chi connectivity index (χ0n) is 9.28. The summed E-state index contributed by atoms with van der Waals surface area (Å²) in [6.45, 7) is 3.44. The maximum Gasteiger partial charge on any atom is 0.335 e. The van der Waals surface area contributed by atoms with E-state index in [2.05, 4.69) is 0 Å². The van der Waals surface area contributed by atoms with Gasteiger partial charge in [0.2, 0.25) is 5.90 Å². The van der Waals surface area contributed by atoms with Gasteiger partial charge in [-0.15, -0.1) is 0 Å². The summed E-state index contributed by atoms with van der Waals surface area (Å²) in [4.78, 5) is 11.1. The normalized spacial score (nSPS) is 24.9. The number of hydrogen-bond donors (Lipinski definition) is 2. The van der Waals surface area contributed by atoms with E-state index in [1.54, 1.807) is 0 Å². The minimum Gasteiger partial charge on any atom is -0.478 e. The maximum atomic E-state index is 11.1. The Bertz CT molecular complexity index is 393. The average molecular weight is 222 g/mol. The Hall–Kier alpha value is -1.83. The van der Waals surface area contributed by atoms with Gasteiger partial charge in [0.25, 0.3) is 0 Å². The molecule has 5 nitrogen and oxygen atoms in total. The van der Waals surface area contributed by atoms with E-state index < -0.39 is 17.8 Å². The van der Waals surface area contributed by atoms with Gasteiger partial charge in [-0.1, -0.05) is 13.3 Å². The first-order valence-corrected chi connectivity index (χ1v) is 5.12. The van der Waals surface area contributed by atoms with Crippen LogP contribution >= 0.6 is 0 Å². The molecule has 86 valence electrons. The Morgan fingerprint density at radius 3 is 2.75 bits per heavy atom. The molecule has 0 radical (unpaired) electrons. The molecule has 2 unspecified atom stereocenters. The lowest BCUT2D eigenvalue weighted by Gasteiger charge is -2.28. The van der Waals surface area contributed by atoms with Crippen molar-refractivity contribution in [1.82, 2.24) is 0 Å². The van der Waals surface area contributed by atoms with Crippen LogP contribution in [0.4, 0.5) is 0 Å². The fourth-order valence-corrected chi connectivity index (χ4v) is 1.97. The second-order valence-electron chi connectivity index (χ2n) is 3.74. The molecule has 2 atom stereocenters. The van der Waals surface area contributed by atoms with Gasteiger partial charge in [-0.2, -0.15) is 5.26 Å². The molecule has 1 rings (SSSR count). The zero-order chi connectivity index (χ0) is 12.3. The SMILES string of the molecule is CCCC1C(C(=O)O)=C(C)OC(=N)C1C#N. The average Bonchev–Trinajstić information content (AvgIpc) is 2.17. The van der Waals surface area contributed by atoms with E-state index >= 15 is 0 Å². The molecule has 0 saturated carbocycles. The Labute approximate surface area is 93.8 Å². The van der Waals surface area contributed by atoms with Crippen molar-refractivity contribution >= 4 is 11.9 Å². The van der Waals surface area contributed by atoms with Crippen molar-refractivity contribution in [2.45, 2.75) is 26.7 Å². The van der Waals surface area contributed by atoms with Crippen molar-refractivity contribution in [2.24, 2.45) is 11.8 Å². The summed E-state index contributed by atoms with van der Waals surface area (Å²) in [5.74, 6) is -2.21. The summed E-state index contributed by atoms with van der Waals surface area (Å²) in [5.41, 5.74) is 0.129. The van der Waals surface area contributed by atoms with Gasteiger partial charge in [0.05, 0.1) is 11.6 Å². The van der Waals surface area contributed by atoms with Crippen molar-refractivity contribution in [3.63, 3.8) is 0 Å². The lowest BCUT2D eigenvalue weighted by Crippen LogP contribution is -2.33. The molecule has 5 heteroatoms. The van der Waals surface area contributed by atoms with Crippen LogP contribution in [0.5, 0.6) is 0 Å². The van der Waals surface area contributed by atoms with E-state index in [0.29, 0.717) is 6.42 Å². The number of carbonyl (C=O) groups is 1. The van der Waals surface area contributed by atoms with E-state index in [9.17, 15) is 4.79 Å². The molecule has 2 N–H and O–H groups in total. The number of nitrogens with zero attached hydrogens (tertiary/aromatic N) is 1. The van der Waals surface area contributed by atoms with E-state index in [1.807, 2.05) is 13.0 Å². The topological polar surface area (TPSA) is 94.2 Å². The van der Waals surface area contributed by atoms with Crippen LogP contribution in [-0.4, -0.2) is 17.0 Å². The third kappa shape index (κ3) is 2.06. The van der Waals surface area contributed by atoms with Gasteiger partial charge in [0.15, 0.2) is 0 Å². The molecule has 0 fully saturated rings. The van der Waals surface area contributed by atoms with Crippen molar-refractivity contribution in [3.05, 3.63) is 11.3 Å². The molecule has 0 amide bonds. The molecular formula is C11H14N2O3. The highest BCUT2D eigenvalue weighted by molar-refractivity contribution is 5.92. The predicted molar refractivity (Wildman–Crippen MR) is 56.6 cm³/mol. The van der Waals surface area contributed by atoms with Crippen LogP contribution in [0, 0.1) is 28.6 Å². The molecule has 0 bridgehead atoms. The molecule has 0 aromatic carbocycles. The van der Waals surface area contributed by atoms with Crippen LogP contribution < -0.4 is 0 Å². The van der Waals surface area contributed by atoms with E-state index in [1.165, 1.54) is 6.92 Å². The first-order valence-electron chi connectivity index (χ1n) is 5.12. The molecular weight excluding hydrogens is 208 g/mol. The molecule has 1 aliphatic heterocycles. The Morgan fingerprint density at radius 1 is 1.69 bits per heavy atom. The summed E-state index contributed by atoms with van der Waals surface area (Å²) >= 11 is 0. The Morgan fingerprint density at radius 2 is 2.31 bits per heavy atom. The molecule has 0 aromatic heterocycles. The van der Waals surface area contributed by atoms with Gasteiger partial charge >= 0.3 is 5.97 Å². The van der Waals surface area contributed by atoms with E-state index in [4.69, 9.17) is 20.5 Å². The second-order valence-corrected chi connectivity index (χ2v) is 3.74. The Kier molecular flexibility index (Phi) is 3.67. The standard InChI is InChI=1S/C11H14N2O3/c1-3-4-7-8(5-12)10(13)16-6(2)9(7)11(14)15/h7-8,13H,3-4H2,1-2H3,(H,14,15). The smallest absolute Gasteiger partial charge is 0.335 e. The summed E-state index contributed by atoms with van der Waals surface area (Å²) in [7, 11) is 0. The van der Waals surface area contributed by atoms with Crippen molar-refractivity contribution in [3.8, 4) is 6.07 Å². The number of carboxylic acid groups (broad SMARTS) is 1. The third-order valence-corrected chi connectivity index (χ3v) is 2.67. The minimum atomic E-state index is -1.07. The molecule has 0 spiro atoms. The van der Waals surface area contributed by atoms with Crippen LogP contribution in [0.2, 0.25) is 0 Å². The predicted octanol–water partition coefficient (Wildman–Crippen LogP) is 1.91. The largest absolute Gasteiger partial charge is 0.478 e. The molecule has 16 heavy (non-hydrogen) atoms. The lowest BCUT2D eigenvalue weighted by atomic mass is 9.81. The minimum absolute atomic E-state index is 0.129. The number of carboxylic acids is 1. The highest BCUT2D eigenvalue weighted by Gasteiger charge is 2.38. The van der Waals surface area contributed by atoms with Crippen molar-refractivity contribution in [2.75, 3.05) is 0 Å². The number of rotatable bonds is 3. The molecule has 1 aliphatic rings. The van der Waals surface area contributed by atoms with Gasteiger partial charge in [0, 0.05) is 5.92 Å². The quantitative estimate of drug-likeness (QED) is 0.762. The van der Waals surface area contributed by atoms with Crippen LogP contribution in [0.1, 0.15) is 26.7 Å². The highest BCUT2D eigenvalue weighted by Crippen LogP contribution is 2.34. The van der Waals surface area contributed by atoms with Crippen LogP contribution in [-0.2, 0) is 9.53 Å². The monoisotopic (exact) mass is 222 g/mol. The van der Waals surface area contributed by atoms with Gasteiger partial charge in [-0.25, -0.2) is 4.79 Å². The van der Waals surface area contributed by atoms with Gasteiger partial charge < -0.3 is 9.84 Å². The molecule has 1 heterocycles. The number of aliphatic carboxylic acids is 1. The number of nitrogens with one attached hydrogen (secondary N) is 1. The third-order valence-electron chi connectivity index (χ3n) is 2.67. The van der Waals surface area contributed by atoms with E-state index in [0.717, 1.165) is 6.42 Å². The summed E-state index contributed by atoms with van der Waals surface area (Å²) < 4.78 is 5.00. The van der Waals surface area contributed by atoms with Gasteiger partial charge in [-0.3, -0.25) is 5.41 Å².